The van der Waals surface area contributed by atoms with E-state index in [0.717, 1.165) is 30.6 Å². The number of rotatable bonds is 7. The minimum Gasteiger partial charge on any atom is -0.325 e. The molecule has 3 amide bonds. The molecule has 6 heteroatoms. The molecule has 0 aliphatic carbocycles. The van der Waals surface area contributed by atoms with Crippen LogP contribution < -0.4 is 10.2 Å². The van der Waals surface area contributed by atoms with Crippen LogP contribution >= 0.6 is 11.6 Å². The Bertz CT molecular complexity index is 807. The van der Waals surface area contributed by atoms with E-state index in [2.05, 4.69) is 12.2 Å². The number of anilines is 2. The normalized spacial score (nSPS) is 13.9. The van der Waals surface area contributed by atoms with E-state index in [1.807, 2.05) is 36.4 Å². The van der Waals surface area contributed by atoms with Gasteiger partial charge in [-0.25, -0.2) is 4.79 Å². The van der Waals surface area contributed by atoms with E-state index in [0.29, 0.717) is 18.1 Å². The number of hydrogen-bond acceptors (Lipinski definition) is 2. The van der Waals surface area contributed by atoms with Crippen LogP contribution in [0.3, 0.4) is 0 Å². The van der Waals surface area contributed by atoms with Gasteiger partial charge in [-0.15, -0.1) is 0 Å². The second-order valence-electron chi connectivity index (χ2n) is 6.68. The fourth-order valence-electron chi connectivity index (χ4n) is 3.12. The van der Waals surface area contributed by atoms with Crippen molar-refractivity contribution in [2.45, 2.75) is 26.2 Å². The molecule has 1 aliphatic rings. The Morgan fingerprint density at radius 2 is 1.93 bits per heavy atom. The molecule has 0 radical (unpaired) electrons. The van der Waals surface area contributed by atoms with E-state index in [9.17, 15) is 9.59 Å². The summed E-state index contributed by atoms with van der Waals surface area (Å²) in [6.07, 6.45) is 3.37. The molecule has 3 rings (SSSR count). The molecule has 1 N–H and O–H groups in total. The third-order valence-electron chi connectivity index (χ3n) is 4.61. The highest BCUT2D eigenvalue weighted by Gasteiger charge is 2.30. The molecule has 142 valence electrons. The van der Waals surface area contributed by atoms with Crippen molar-refractivity contribution < 1.29 is 9.59 Å². The van der Waals surface area contributed by atoms with Gasteiger partial charge in [0.15, 0.2) is 0 Å². The summed E-state index contributed by atoms with van der Waals surface area (Å²) in [5.41, 5.74) is 2.76. The number of carbonyl (C=O) groups is 2. The first-order chi connectivity index (χ1) is 13.1. The molecule has 2 aromatic rings. The summed E-state index contributed by atoms with van der Waals surface area (Å²) in [7, 11) is 0. The van der Waals surface area contributed by atoms with Gasteiger partial charge in [0.05, 0.1) is 0 Å². The second-order valence-corrected chi connectivity index (χ2v) is 7.12. The number of carbonyl (C=O) groups excluding carboxylic acids is 2. The molecular weight excluding hydrogens is 362 g/mol. The van der Waals surface area contributed by atoms with E-state index in [1.165, 1.54) is 5.56 Å². The van der Waals surface area contributed by atoms with Crippen molar-refractivity contribution in [3.05, 3.63) is 59.1 Å². The molecule has 1 aliphatic heterocycles. The summed E-state index contributed by atoms with van der Waals surface area (Å²) < 4.78 is 0. The van der Waals surface area contributed by atoms with E-state index >= 15 is 0 Å². The standard InChI is InChI=1S/C21H24ClN3O2/c1-2-3-5-16-8-10-18(11-9-16)23-20(26)15-24-12-13-25(21(24)27)19-7-4-6-17(22)14-19/h4,6-11,14H,2-3,5,12-13,15H2,1H3,(H,23,26). The van der Waals surface area contributed by atoms with Crippen molar-refractivity contribution in [1.29, 1.82) is 0 Å². The second kappa shape index (κ2) is 8.91. The van der Waals surface area contributed by atoms with Crippen molar-refractivity contribution in [1.82, 2.24) is 4.90 Å². The maximum Gasteiger partial charge on any atom is 0.325 e. The van der Waals surface area contributed by atoms with Crippen LogP contribution in [-0.2, 0) is 11.2 Å². The topological polar surface area (TPSA) is 52.7 Å². The number of aryl methyl sites for hydroxylation is 1. The Hall–Kier alpha value is -2.53. The van der Waals surface area contributed by atoms with Crippen LogP contribution in [0.5, 0.6) is 0 Å². The number of nitrogens with one attached hydrogen (secondary N) is 1. The Morgan fingerprint density at radius 3 is 2.63 bits per heavy atom. The largest absolute Gasteiger partial charge is 0.325 e. The number of amides is 3. The molecule has 27 heavy (non-hydrogen) atoms. The zero-order chi connectivity index (χ0) is 19.2. The first-order valence-electron chi connectivity index (χ1n) is 9.27. The SMILES string of the molecule is CCCCc1ccc(NC(=O)CN2CCN(c3cccc(Cl)c3)C2=O)cc1. The zero-order valence-electron chi connectivity index (χ0n) is 15.5. The van der Waals surface area contributed by atoms with Gasteiger partial charge in [0.1, 0.15) is 6.54 Å². The van der Waals surface area contributed by atoms with Gasteiger partial charge in [0.25, 0.3) is 0 Å². The van der Waals surface area contributed by atoms with Crippen molar-refractivity contribution in [2.75, 3.05) is 29.9 Å². The third-order valence-corrected chi connectivity index (χ3v) is 4.84. The van der Waals surface area contributed by atoms with Crippen LogP contribution in [0.15, 0.2) is 48.5 Å². The molecule has 1 saturated heterocycles. The van der Waals surface area contributed by atoms with Gasteiger partial charge in [0.2, 0.25) is 5.91 Å². The summed E-state index contributed by atoms with van der Waals surface area (Å²) in [5.74, 6) is -0.197. The Kier molecular flexibility index (Phi) is 6.35. The summed E-state index contributed by atoms with van der Waals surface area (Å²) in [6, 6.07) is 14.9. The molecule has 1 fully saturated rings. The number of unbranched alkanes of at least 4 members (excludes halogenated alkanes) is 1. The van der Waals surface area contributed by atoms with Crippen LogP contribution in [-0.4, -0.2) is 36.5 Å². The van der Waals surface area contributed by atoms with Crippen molar-refractivity contribution >= 4 is 34.9 Å². The van der Waals surface area contributed by atoms with Crippen LogP contribution in [0, 0.1) is 0 Å². The monoisotopic (exact) mass is 385 g/mol. The minimum absolute atomic E-state index is 0.0352. The van der Waals surface area contributed by atoms with Crippen molar-refractivity contribution in [3.8, 4) is 0 Å². The number of halogens is 1. The molecule has 5 nitrogen and oxygen atoms in total. The maximum atomic E-state index is 12.6. The lowest BCUT2D eigenvalue weighted by atomic mass is 10.1. The Morgan fingerprint density at radius 1 is 1.15 bits per heavy atom. The average Bonchev–Trinajstić information content (AvgIpc) is 3.01. The highest BCUT2D eigenvalue weighted by Crippen LogP contribution is 2.23. The number of nitrogens with zero attached hydrogens (tertiary/aromatic N) is 2. The van der Waals surface area contributed by atoms with E-state index in [4.69, 9.17) is 11.6 Å². The highest BCUT2D eigenvalue weighted by molar-refractivity contribution is 6.30. The fraction of sp³-hybridized carbons (Fsp3) is 0.333. The number of urea groups is 1. The quantitative estimate of drug-likeness (QED) is 0.759. The first kappa shape index (κ1) is 19.2. The smallest absolute Gasteiger partial charge is 0.325 e. The lowest BCUT2D eigenvalue weighted by Gasteiger charge is -2.18. The fourth-order valence-corrected chi connectivity index (χ4v) is 3.31. The maximum absolute atomic E-state index is 12.6. The van der Waals surface area contributed by atoms with Crippen molar-refractivity contribution in [2.24, 2.45) is 0 Å². The van der Waals surface area contributed by atoms with Crippen LogP contribution in [0.1, 0.15) is 25.3 Å². The molecule has 0 atom stereocenters. The molecule has 1 heterocycles. The van der Waals surface area contributed by atoms with Gasteiger partial charge in [-0.3, -0.25) is 9.69 Å². The molecule has 0 bridgehead atoms. The minimum atomic E-state index is -0.197. The Labute approximate surface area is 164 Å². The molecule has 2 aromatic carbocycles. The van der Waals surface area contributed by atoms with Gasteiger partial charge in [-0.2, -0.15) is 0 Å². The summed E-state index contributed by atoms with van der Waals surface area (Å²) in [5, 5.41) is 3.45. The van der Waals surface area contributed by atoms with Gasteiger partial charge in [-0.1, -0.05) is 43.1 Å². The van der Waals surface area contributed by atoms with E-state index in [-0.39, 0.29) is 18.5 Å². The summed E-state index contributed by atoms with van der Waals surface area (Å²) in [4.78, 5) is 28.1. The lowest BCUT2D eigenvalue weighted by molar-refractivity contribution is -0.116. The van der Waals surface area contributed by atoms with Gasteiger partial charge >= 0.3 is 6.03 Å². The van der Waals surface area contributed by atoms with Crippen LogP contribution in [0.2, 0.25) is 5.02 Å². The van der Waals surface area contributed by atoms with Gasteiger partial charge in [0, 0.05) is 29.5 Å². The van der Waals surface area contributed by atoms with E-state index in [1.54, 1.807) is 21.9 Å². The van der Waals surface area contributed by atoms with Crippen LogP contribution in [0.4, 0.5) is 16.2 Å². The summed E-state index contributed by atoms with van der Waals surface area (Å²) >= 11 is 6.01. The van der Waals surface area contributed by atoms with Crippen LogP contribution in [0.25, 0.3) is 0 Å². The van der Waals surface area contributed by atoms with Gasteiger partial charge in [-0.05, 0) is 48.7 Å². The highest BCUT2D eigenvalue weighted by atomic mass is 35.5. The zero-order valence-corrected chi connectivity index (χ0v) is 16.2. The molecule has 0 aromatic heterocycles. The first-order valence-corrected chi connectivity index (χ1v) is 9.65. The third kappa shape index (κ3) is 5.01. The number of benzene rings is 2. The van der Waals surface area contributed by atoms with Gasteiger partial charge < -0.3 is 10.2 Å². The number of hydrogen-bond donors (Lipinski definition) is 1. The molecular formula is C21H24ClN3O2. The summed E-state index contributed by atoms with van der Waals surface area (Å²) in [6.45, 7) is 3.25. The predicted octanol–water partition coefficient (Wildman–Crippen LogP) is 4.56. The van der Waals surface area contributed by atoms with E-state index < -0.39 is 0 Å². The molecule has 0 unspecified atom stereocenters. The van der Waals surface area contributed by atoms with Crippen molar-refractivity contribution in [3.63, 3.8) is 0 Å². The lowest BCUT2D eigenvalue weighted by Crippen LogP contribution is -2.37. The predicted molar refractivity (Wildman–Crippen MR) is 109 cm³/mol. The molecule has 0 spiro atoms. The Balaban J connectivity index is 1.54. The molecule has 0 saturated carbocycles. The average molecular weight is 386 g/mol.